The summed E-state index contributed by atoms with van der Waals surface area (Å²) in [6.45, 7) is 0.314. The van der Waals surface area contributed by atoms with Gasteiger partial charge in [0.15, 0.2) is 0 Å². The molecule has 0 heterocycles. The van der Waals surface area contributed by atoms with E-state index >= 15 is 0 Å². The summed E-state index contributed by atoms with van der Waals surface area (Å²) >= 11 is 0. The van der Waals surface area contributed by atoms with Crippen molar-refractivity contribution in [2.45, 2.75) is 6.54 Å². The third-order valence-electron chi connectivity index (χ3n) is 2.72. The van der Waals surface area contributed by atoms with Gasteiger partial charge in [0, 0.05) is 17.7 Å². The Kier molecular flexibility index (Phi) is 3.30. The van der Waals surface area contributed by atoms with Crippen molar-refractivity contribution in [3.05, 3.63) is 48.0 Å². The number of para-hydroxylation sites is 1. The maximum atomic E-state index is 9.60. The number of ether oxygens (including phenoxy) is 1. The average Bonchev–Trinajstić information content (AvgIpc) is 2.39. The lowest BCUT2D eigenvalue weighted by Crippen LogP contribution is -1.97. The Bertz CT molecular complexity index is 523. The first-order chi connectivity index (χ1) is 8.26. The molecule has 2 aromatic carbocycles. The van der Waals surface area contributed by atoms with E-state index in [4.69, 9.17) is 10.5 Å². The maximum absolute atomic E-state index is 9.60. The summed E-state index contributed by atoms with van der Waals surface area (Å²) in [5.41, 5.74) is 8.28. The molecule has 0 aliphatic carbocycles. The largest absolute Gasteiger partial charge is 0.508 e. The minimum Gasteiger partial charge on any atom is -0.508 e. The van der Waals surface area contributed by atoms with Gasteiger partial charge in [-0.2, -0.15) is 0 Å². The fourth-order valence-corrected chi connectivity index (χ4v) is 1.80. The van der Waals surface area contributed by atoms with Gasteiger partial charge in [0.2, 0.25) is 0 Å². The van der Waals surface area contributed by atoms with Crippen LogP contribution in [0.3, 0.4) is 0 Å². The highest BCUT2D eigenvalue weighted by atomic mass is 16.5. The Morgan fingerprint density at radius 3 is 2.65 bits per heavy atom. The summed E-state index contributed by atoms with van der Waals surface area (Å²) in [5, 5.41) is 9.60. The van der Waals surface area contributed by atoms with E-state index in [0.717, 1.165) is 22.4 Å². The number of phenols is 1. The zero-order valence-corrected chi connectivity index (χ0v) is 9.68. The van der Waals surface area contributed by atoms with Crippen LogP contribution in [0.25, 0.3) is 11.1 Å². The van der Waals surface area contributed by atoms with Gasteiger partial charge in [-0.15, -0.1) is 0 Å². The van der Waals surface area contributed by atoms with E-state index in [-0.39, 0.29) is 5.75 Å². The van der Waals surface area contributed by atoms with Gasteiger partial charge < -0.3 is 15.6 Å². The number of benzene rings is 2. The molecule has 0 aliphatic heterocycles. The van der Waals surface area contributed by atoms with Crippen molar-refractivity contribution in [1.82, 2.24) is 0 Å². The lowest BCUT2D eigenvalue weighted by molar-refractivity contribution is 0.416. The molecule has 0 spiro atoms. The average molecular weight is 229 g/mol. The van der Waals surface area contributed by atoms with Gasteiger partial charge in [0.25, 0.3) is 0 Å². The predicted octanol–water partition coefficient (Wildman–Crippen LogP) is 2.53. The standard InChI is InChI=1S/C14H15NO2/c1-17-14-5-3-2-4-12(14)10-6-7-13(16)11(8-10)9-15/h2-8,16H,9,15H2,1H3. The molecule has 88 valence electrons. The van der Waals surface area contributed by atoms with E-state index in [1.807, 2.05) is 36.4 Å². The van der Waals surface area contributed by atoms with Crippen LogP contribution in [0, 0.1) is 0 Å². The van der Waals surface area contributed by atoms with Gasteiger partial charge in [0.05, 0.1) is 7.11 Å². The fourth-order valence-electron chi connectivity index (χ4n) is 1.80. The van der Waals surface area contributed by atoms with Crippen LogP contribution in [0.1, 0.15) is 5.56 Å². The van der Waals surface area contributed by atoms with Gasteiger partial charge in [-0.1, -0.05) is 24.3 Å². The Morgan fingerprint density at radius 1 is 1.18 bits per heavy atom. The fraction of sp³-hybridized carbons (Fsp3) is 0.143. The zero-order chi connectivity index (χ0) is 12.3. The van der Waals surface area contributed by atoms with Gasteiger partial charge in [-0.25, -0.2) is 0 Å². The molecular weight excluding hydrogens is 214 g/mol. The first-order valence-electron chi connectivity index (χ1n) is 5.41. The van der Waals surface area contributed by atoms with Crippen LogP contribution >= 0.6 is 0 Å². The normalized spacial score (nSPS) is 10.2. The molecule has 0 atom stereocenters. The van der Waals surface area contributed by atoms with Crippen LogP contribution in [0.4, 0.5) is 0 Å². The highest BCUT2D eigenvalue weighted by Gasteiger charge is 2.07. The van der Waals surface area contributed by atoms with Crippen molar-refractivity contribution in [3.63, 3.8) is 0 Å². The molecule has 3 N–H and O–H groups in total. The van der Waals surface area contributed by atoms with E-state index in [0.29, 0.717) is 6.54 Å². The Balaban J connectivity index is 2.53. The monoisotopic (exact) mass is 229 g/mol. The molecule has 0 saturated heterocycles. The van der Waals surface area contributed by atoms with Crippen LogP contribution in [0.2, 0.25) is 0 Å². The second-order valence-corrected chi connectivity index (χ2v) is 3.75. The first kappa shape index (κ1) is 11.5. The number of nitrogens with two attached hydrogens (primary N) is 1. The molecule has 3 nitrogen and oxygen atoms in total. The van der Waals surface area contributed by atoms with Crippen LogP contribution in [-0.4, -0.2) is 12.2 Å². The molecule has 0 radical (unpaired) electrons. The van der Waals surface area contributed by atoms with Crippen LogP contribution < -0.4 is 10.5 Å². The number of aromatic hydroxyl groups is 1. The molecule has 0 aliphatic rings. The third kappa shape index (κ3) is 2.24. The molecule has 0 fully saturated rings. The van der Waals surface area contributed by atoms with Crippen LogP contribution in [0.15, 0.2) is 42.5 Å². The van der Waals surface area contributed by atoms with Crippen molar-refractivity contribution in [3.8, 4) is 22.6 Å². The van der Waals surface area contributed by atoms with Gasteiger partial charge in [-0.05, 0) is 23.8 Å². The molecule has 0 bridgehead atoms. The van der Waals surface area contributed by atoms with Crippen molar-refractivity contribution in [2.24, 2.45) is 5.73 Å². The molecule has 2 rings (SSSR count). The SMILES string of the molecule is COc1ccccc1-c1ccc(O)c(CN)c1. The van der Waals surface area contributed by atoms with Crippen molar-refractivity contribution in [2.75, 3.05) is 7.11 Å². The van der Waals surface area contributed by atoms with E-state index in [2.05, 4.69) is 0 Å². The summed E-state index contributed by atoms with van der Waals surface area (Å²) in [6, 6.07) is 13.2. The molecular formula is C14H15NO2. The summed E-state index contributed by atoms with van der Waals surface area (Å²) < 4.78 is 5.31. The molecule has 0 amide bonds. The molecule has 2 aromatic rings. The Morgan fingerprint density at radius 2 is 1.94 bits per heavy atom. The van der Waals surface area contributed by atoms with E-state index in [1.165, 1.54) is 0 Å². The molecule has 17 heavy (non-hydrogen) atoms. The molecule has 0 unspecified atom stereocenters. The zero-order valence-electron chi connectivity index (χ0n) is 9.68. The van der Waals surface area contributed by atoms with Crippen LogP contribution in [-0.2, 0) is 6.54 Å². The van der Waals surface area contributed by atoms with Gasteiger partial charge in [0.1, 0.15) is 11.5 Å². The number of rotatable bonds is 3. The number of phenolic OH excluding ortho intramolecular Hbond substituents is 1. The van der Waals surface area contributed by atoms with E-state index in [9.17, 15) is 5.11 Å². The smallest absolute Gasteiger partial charge is 0.126 e. The second kappa shape index (κ2) is 4.89. The third-order valence-corrected chi connectivity index (χ3v) is 2.72. The lowest BCUT2D eigenvalue weighted by atomic mass is 10.0. The summed E-state index contributed by atoms with van der Waals surface area (Å²) in [6.07, 6.45) is 0. The molecule has 3 heteroatoms. The maximum Gasteiger partial charge on any atom is 0.126 e. The van der Waals surface area contributed by atoms with Crippen molar-refractivity contribution >= 4 is 0 Å². The summed E-state index contributed by atoms with van der Waals surface area (Å²) in [4.78, 5) is 0. The summed E-state index contributed by atoms with van der Waals surface area (Å²) in [5.74, 6) is 1.03. The molecule has 0 saturated carbocycles. The minimum absolute atomic E-state index is 0.228. The quantitative estimate of drug-likeness (QED) is 0.850. The minimum atomic E-state index is 0.228. The van der Waals surface area contributed by atoms with Gasteiger partial charge in [-0.3, -0.25) is 0 Å². The second-order valence-electron chi connectivity index (χ2n) is 3.75. The number of hydrogen-bond donors (Lipinski definition) is 2. The van der Waals surface area contributed by atoms with E-state index in [1.54, 1.807) is 13.2 Å². The topological polar surface area (TPSA) is 55.5 Å². The summed E-state index contributed by atoms with van der Waals surface area (Å²) in [7, 11) is 1.64. The Hall–Kier alpha value is -2.00. The lowest BCUT2D eigenvalue weighted by Gasteiger charge is -2.10. The number of hydrogen-bond acceptors (Lipinski definition) is 3. The highest BCUT2D eigenvalue weighted by molar-refractivity contribution is 5.71. The van der Waals surface area contributed by atoms with Crippen molar-refractivity contribution < 1.29 is 9.84 Å². The van der Waals surface area contributed by atoms with Crippen molar-refractivity contribution in [1.29, 1.82) is 0 Å². The highest BCUT2D eigenvalue weighted by Crippen LogP contribution is 2.32. The van der Waals surface area contributed by atoms with E-state index < -0.39 is 0 Å². The number of methoxy groups -OCH3 is 1. The first-order valence-corrected chi connectivity index (χ1v) is 5.41. The van der Waals surface area contributed by atoms with Crippen LogP contribution in [0.5, 0.6) is 11.5 Å². The predicted molar refractivity (Wildman–Crippen MR) is 68.0 cm³/mol. The molecule has 0 aromatic heterocycles. The van der Waals surface area contributed by atoms with Gasteiger partial charge >= 0.3 is 0 Å². The Labute approximate surface area is 100 Å².